The Kier molecular flexibility index (Phi) is 5.64. The number of nitrogens with zero attached hydrogens (tertiary/aromatic N) is 1. The number of benzene rings is 3. The second kappa shape index (κ2) is 7.93. The van der Waals surface area contributed by atoms with Gasteiger partial charge in [-0.1, -0.05) is 58.4 Å². The number of sulfonamides is 1. The normalized spacial score (nSPS) is 11.2. The highest BCUT2D eigenvalue weighted by Gasteiger charge is 2.25. The van der Waals surface area contributed by atoms with E-state index in [1.54, 1.807) is 30.3 Å². The van der Waals surface area contributed by atoms with Crippen LogP contribution in [0.15, 0.2) is 88.2 Å². The summed E-state index contributed by atoms with van der Waals surface area (Å²) in [4.78, 5) is 0.188. The van der Waals surface area contributed by atoms with Gasteiger partial charge in [0.25, 0.3) is 10.0 Å². The molecule has 0 heterocycles. The molecule has 4 nitrogen and oxygen atoms in total. The highest BCUT2D eigenvalue weighted by atomic mass is 79.9. The smallest absolute Gasteiger partial charge is 0.264 e. The summed E-state index contributed by atoms with van der Waals surface area (Å²) in [5, 5.41) is 0. The number of methoxy groups -OCH3 is 1. The fraction of sp³-hybridized carbons (Fsp3) is 0.100. The average Bonchev–Trinajstić information content (AvgIpc) is 2.67. The van der Waals surface area contributed by atoms with Gasteiger partial charge in [0.15, 0.2) is 0 Å². The van der Waals surface area contributed by atoms with Crippen LogP contribution in [-0.4, -0.2) is 15.5 Å². The first-order chi connectivity index (χ1) is 12.5. The van der Waals surface area contributed by atoms with Crippen molar-refractivity contribution in [1.82, 2.24) is 0 Å². The molecule has 0 atom stereocenters. The van der Waals surface area contributed by atoms with Gasteiger partial charge < -0.3 is 4.74 Å². The molecule has 0 saturated carbocycles. The van der Waals surface area contributed by atoms with E-state index in [0.717, 1.165) is 10.0 Å². The molecule has 0 aliphatic carbocycles. The Bertz CT molecular complexity index is 991. The lowest BCUT2D eigenvalue weighted by Gasteiger charge is -2.25. The summed E-state index contributed by atoms with van der Waals surface area (Å²) in [5.74, 6) is 0.500. The van der Waals surface area contributed by atoms with E-state index >= 15 is 0 Å². The van der Waals surface area contributed by atoms with Crippen LogP contribution in [-0.2, 0) is 16.6 Å². The number of ether oxygens (including phenoxy) is 1. The maximum atomic E-state index is 13.4. The van der Waals surface area contributed by atoms with E-state index in [9.17, 15) is 8.42 Å². The molecule has 3 rings (SSSR count). The molecule has 0 N–H and O–H groups in total. The lowest BCUT2D eigenvalue weighted by atomic mass is 10.2. The van der Waals surface area contributed by atoms with E-state index < -0.39 is 10.0 Å². The van der Waals surface area contributed by atoms with E-state index in [1.165, 1.54) is 17.5 Å². The molecule has 0 aromatic heterocycles. The first kappa shape index (κ1) is 18.5. The van der Waals surface area contributed by atoms with Gasteiger partial charge in [0.1, 0.15) is 5.75 Å². The van der Waals surface area contributed by atoms with Crippen LogP contribution in [0.3, 0.4) is 0 Å². The molecule has 0 saturated heterocycles. The number of halogens is 1. The Morgan fingerprint density at radius 1 is 0.923 bits per heavy atom. The zero-order valence-corrected chi connectivity index (χ0v) is 16.6. The molecule has 3 aromatic rings. The van der Waals surface area contributed by atoms with Crippen molar-refractivity contribution in [1.29, 1.82) is 0 Å². The van der Waals surface area contributed by atoms with E-state index in [4.69, 9.17) is 4.74 Å². The number of hydrogen-bond donors (Lipinski definition) is 0. The van der Waals surface area contributed by atoms with Gasteiger partial charge in [-0.3, -0.25) is 4.31 Å². The summed E-state index contributed by atoms with van der Waals surface area (Å²) in [5.41, 5.74) is 1.49. The molecule has 0 radical (unpaired) electrons. The van der Waals surface area contributed by atoms with Crippen LogP contribution < -0.4 is 9.04 Å². The third kappa shape index (κ3) is 4.08. The molecule has 6 heteroatoms. The van der Waals surface area contributed by atoms with Crippen LogP contribution in [0.25, 0.3) is 0 Å². The van der Waals surface area contributed by atoms with E-state index in [0.29, 0.717) is 11.4 Å². The van der Waals surface area contributed by atoms with Gasteiger partial charge in [0, 0.05) is 10.5 Å². The topological polar surface area (TPSA) is 46.6 Å². The molecule has 0 unspecified atom stereocenters. The third-order valence-corrected chi connectivity index (χ3v) is 6.16. The summed E-state index contributed by atoms with van der Waals surface area (Å²) >= 11 is 3.42. The monoisotopic (exact) mass is 431 g/mol. The first-order valence-electron chi connectivity index (χ1n) is 7.97. The van der Waals surface area contributed by atoms with Gasteiger partial charge >= 0.3 is 0 Å². The highest BCUT2D eigenvalue weighted by Crippen LogP contribution is 2.29. The summed E-state index contributed by atoms with van der Waals surface area (Å²) < 4.78 is 34.1. The van der Waals surface area contributed by atoms with Crippen molar-refractivity contribution in [2.75, 3.05) is 11.4 Å². The fourth-order valence-electron chi connectivity index (χ4n) is 2.58. The maximum Gasteiger partial charge on any atom is 0.264 e. The molecule has 0 aliphatic heterocycles. The summed E-state index contributed by atoms with van der Waals surface area (Å²) in [6.45, 7) is 0.233. The molecule has 0 fully saturated rings. The molecule has 0 spiro atoms. The zero-order valence-electron chi connectivity index (χ0n) is 14.2. The molecule has 3 aromatic carbocycles. The number of hydrogen-bond acceptors (Lipinski definition) is 3. The highest BCUT2D eigenvalue weighted by molar-refractivity contribution is 9.10. The minimum atomic E-state index is -3.77. The van der Waals surface area contributed by atoms with Gasteiger partial charge in [0.05, 0.1) is 24.2 Å². The van der Waals surface area contributed by atoms with Crippen molar-refractivity contribution < 1.29 is 13.2 Å². The minimum absolute atomic E-state index is 0.188. The van der Waals surface area contributed by atoms with Crippen LogP contribution >= 0.6 is 15.9 Å². The largest absolute Gasteiger partial charge is 0.497 e. The standard InChI is InChI=1S/C20H18BrNO3S/c1-25-19-11-6-12-20(14-19)26(23,24)22(15-16-7-3-2-4-8-16)18-10-5-9-17(21)13-18/h2-14H,15H2,1H3. The SMILES string of the molecule is COc1cccc(S(=O)(=O)N(Cc2ccccc2)c2cccc(Br)c2)c1. The Hall–Kier alpha value is -2.31. The molecule has 134 valence electrons. The maximum absolute atomic E-state index is 13.4. The van der Waals surface area contributed by atoms with Gasteiger partial charge in [-0.15, -0.1) is 0 Å². The molecular formula is C20H18BrNO3S. The Labute approximate surface area is 162 Å². The Morgan fingerprint density at radius 2 is 1.65 bits per heavy atom. The summed E-state index contributed by atoms with van der Waals surface area (Å²) in [6.07, 6.45) is 0. The first-order valence-corrected chi connectivity index (χ1v) is 10.2. The van der Waals surface area contributed by atoms with Crippen molar-refractivity contribution in [2.24, 2.45) is 0 Å². The van der Waals surface area contributed by atoms with Crippen LogP contribution in [0.5, 0.6) is 5.75 Å². The average molecular weight is 432 g/mol. The molecule has 0 amide bonds. The predicted octanol–water partition coefficient (Wildman–Crippen LogP) is 4.85. The van der Waals surface area contributed by atoms with Crippen LogP contribution in [0, 0.1) is 0 Å². The van der Waals surface area contributed by atoms with Gasteiger partial charge in [-0.05, 0) is 35.9 Å². The fourth-order valence-corrected chi connectivity index (χ4v) is 4.45. The lowest BCUT2D eigenvalue weighted by Crippen LogP contribution is -2.30. The van der Waals surface area contributed by atoms with E-state index in [-0.39, 0.29) is 11.4 Å². The second-order valence-corrected chi connectivity index (χ2v) is 8.43. The molecular weight excluding hydrogens is 414 g/mol. The molecule has 26 heavy (non-hydrogen) atoms. The van der Waals surface area contributed by atoms with Crippen molar-refractivity contribution in [3.05, 3.63) is 88.9 Å². The molecule has 0 aliphatic rings. The Morgan fingerprint density at radius 3 is 2.35 bits per heavy atom. The van der Waals surface area contributed by atoms with E-state index in [2.05, 4.69) is 15.9 Å². The lowest BCUT2D eigenvalue weighted by molar-refractivity contribution is 0.413. The minimum Gasteiger partial charge on any atom is -0.497 e. The summed E-state index contributed by atoms with van der Waals surface area (Å²) in [6, 6.07) is 23.3. The van der Waals surface area contributed by atoms with Crippen molar-refractivity contribution in [3.8, 4) is 5.75 Å². The van der Waals surface area contributed by atoms with Crippen LogP contribution in [0.1, 0.15) is 5.56 Å². The van der Waals surface area contributed by atoms with E-state index in [1.807, 2.05) is 42.5 Å². The number of anilines is 1. The third-order valence-electron chi connectivity index (χ3n) is 3.89. The number of rotatable bonds is 6. The zero-order chi connectivity index (χ0) is 18.6. The van der Waals surface area contributed by atoms with Crippen molar-refractivity contribution in [2.45, 2.75) is 11.4 Å². The quantitative estimate of drug-likeness (QED) is 0.559. The Balaban J connectivity index is 2.09. The second-order valence-electron chi connectivity index (χ2n) is 5.66. The van der Waals surface area contributed by atoms with Gasteiger partial charge in [-0.25, -0.2) is 8.42 Å². The van der Waals surface area contributed by atoms with Gasteiger partial charge in [0.2, 0.25) is 0 Å². The molecule has 0 bridgehead atoms. The predicted molar refractivity (Wildman–Crippen MR) is 107 cm³/mol. The summed E-state index contributed by atoms with van der Waals surface area (Å²) in [7, 11) is -2.25. The van der Waals surface area contributed by atoms with Gasteiger partial charge in [-0.2, -0.15) is 0 Å². The van der Waals surface area contributed by atoms with Crippen LogP contribution in [0.4, 0.5) is 5.69 Å². The van der Waals surface area contributed by atoms with Crippen molar-refractivity contribution in [3.63, 3.8) is 0 Å². The van der Waals surface area contributed by atoms with Crippen LogP contribution in [0.2, 0.25) is 0 Å². The van der Waals surface area contributed by atoms with Crippen molar-refractivity contribution >= 4 is 31.6 Å².